The van der Waals surface area contributed by atoms with E-state index in [0.29, 0.717) is 23.4 Å². The van der Waals surface area contributed by atoms with Gasteiger partial charge in [0, 0.05) is 17.2 Å². The molecule has 0 aromatic heterocycles. The Bertz CT molecular complexity index is 973. The number of benzene rings is 3. The van der Waals surface area contributed by atoms with Crippen molar-refractivity contribution in [3.05, 3.63) is 99.1 Å². The summed E-state index contributed by atoms with van der Waals surface area (Å²) in [6.07, 6.45) is 0.756. The van der Waals surface area contributed by atoms with Crippen molar-refractivity contribution < 1.29 is 9.59 Å². The molecule has 0 aliphatic rings. The topological polar surface area (TPSA) is 49.4 Å². The number of hydrogen-bond donors (Lipinski definition) is 1. The first kappa shape index (κ1) is 20.1. The highest BCUT2D eigenvalue weighted by Gasteiger charge is 2.20. The molecule has 0 bridgehead atoms. The van der Waals surface area contributed by atoms with Gasteiger partial charge in [-0.2, -0.15) is 0 Å². The fourth-order valence-corrected chi connectivity index (χ4v) is 3.56. The lowest BCUT2D eigenvalue weighted by Gasteiger charge is -2.21. The van der Waals surface area contributed by atoms with E-state index in [1.165, 1.54) is 10.5 Å². The maximum Gasteiger partial charge on any atom is 0.259 e. The predicted octanol–water partition coefficient (Wildman–Crippen LogP) is 4.54. The number of carbonyl (C=O) groups excluding carboxylic acids is 2. The first-order chi connectivity index (χ1) is 13.6. The number of halogens is 1. The van der Waals surface area contributed by atoms with Gasteiger partial charge in [0.1, 0.15) is 0 Å². The SMILES string of the molecule is CN(C(=O)c1ccccc1I)c1ccccc1C(=O)NCCc1ccccc1. The van der Waals surface area contributed by atoms with Crippen LogP contribution in [0.4, 0.5) is 5.69 Å². The normalized spacial score (nSPS) is 10.4. The van der Waals surface area contributed by atoms with E-state index in [-0.39, 0.29) is 11.8 Å². The van der Waals surface area contributed by atoms with Crippen molar-refractivity contribution in [2.75, 3.05) is 18.5 Å². The summed E-state index contributed by atoms with van der Waals surface area (Å²) in [4.78, 5) is 27.2. The molecule has 0 unspecified atom stereocenters. The highest BCUT2D eigenvalue weighted by molar-refractivity contribution is 14.1. The van der Waals surface area contributed by atoms with Crippen LogP contribution in [0.1, 0.15) is 26.3 Å². The Morgan fingerprint density at radius 1 is 0.857 bits per heavy atom. The van der Waals surface area contributed by atoms with Gasteiger partial charge in [-0.3, -0.25) is 9.59 Å². The Hall–Kier alpha value is -2.67. The van der Waals surface area contributed by atoms with Gasteiger partial charge in [-0.05, 0) is 58.8 Å². The first-order valence-electron chi connectivity index (χ1n) is 9.01. The Labute approximate surface area is 178 Å². The van der Waals surface area contributed by atoms with Gasteiger partial charge in [-0.25, -0.2) is 0 Å². The van der Waals surface area contributed by atoms with E-state index in [0.717, 1.165) is 9.99 Å². The third-order valence-electron chi connectivity index (χ3n) is 4.46. The largest absolute Gasteiger partial charge is 0.352 e. The summed E-state index contributed by atoms with van der Waals surface area (Å²) < 4.78 is 0.877. The molecule has 3 aromatic rings. The number of rotatable bonds is 6. The number of amides is 2. The van der Waals surface area contributed by atoms with Crippen LogP contribution in [0.5, 0.6) is 0 Å². The zero-order valence-corrected chi connectivity index (χ0v) is 17.7. The fraction of sp³-hybridized carbons (Fsp3) is 0.130. The molecule has 0 saturated carbocycles. The molecule has 3 rings (SSSR count). The Morgan fingerprint density at radius 2 is 1.46 bits per heavy atom. The van der Waals surface area contributed by atoms with Crippen LogP contribution in [-0.4, -0.2) is 25.4 Å². The second-order valence-corrected chi connectivity index (χ2v) is 7.51. The van der Waals surface area contributed by atoms with Gasteiger partial charge in [0.15, 0.2) is 0 Å². The monoisotopic (exact) mass is 484 g/mol. The molecule has 0 fully saturated rings. The highest BCUT2D eigenvalue weighted by atomic mass is 127. The molecule has 0 heterocycles. The molecular weight excluding hydrogens is 463 g/mol. The average molecular weight is 484 g/mol. The van der Waals surface area contributed by atoms with Crippen LogP contribution in [0.25, 0.3) is 0 Å². The summed E-state index contributed by atoms with van der Waals surface area (Å²) in [6, 6.07) is 24.6. The number of nitrogens with one attached hydrogen (secondary N) is 1. The molecule has 0 radical (unpaired) electrons. The maximum atomic E-state index is 12.9. The van der Waals surface area contributed by atoms with Crippen molar-refractivity contribution in [3.63, 3.8) is 0 Å². The molecule has 142 valence electrons. The van der Waals surface area contributed by atoms with Gasteiger partial charge in [0.2, 0.25) is 0 Å². The third-order valence-corrected chi connectivity index (χ3v) is 5.40. The minimum absolute atomic E-state index is 0.144. The molecular formula is C23H21IN2O2. The second-order valence-electron chi connectivity index (χ2n) is 6.35. The van der Waals surface area contributed by atoms with E-state index in [1.807, 2.05) is 54.6 Å². The minimum Gasteiger partial charge on any atom is -0.352 e. The van der Waals surface area contributed by atoms with E-state index < -0.39 is 0 Å². The van der Waals surface area contributed by atoms with Crippen molar-refractivity contribution in [2.24, 2.45) is 0 Å². The Morgan fingerprint density at radius 3 is 2.18 bits per heavy atom. The van der Waals surface area contributed by atoms with Gasteiger partial charge in [-0.1, -0.05) is 54.6 Å². The van der Waals surface area contributed by atoms with Crippen molar-refractivity contribution >= 4 is 40.1 Å². The van der Waals surface area contributed by atoms with E-state index in [4.69, 9.17) is 0 Å². The van der Waals surface area contributed by atoms with Gasteiger partial charge in [-0.15, -0.1) is 0 Å². The van der Waals surface area contributed by atoms with Crippen LogP contribution in [0.15, 0.2) is 78.9 Å². The molecule has 0 saturated heterocycles. The molecule has 2 amide bonds. The molecule has 4 nitrogen and oxygen atoms in total. The van der Waals surface area contributed by atoms with Crippen LogP contribution in [-0.2, 0) is 6.42 Å². The summed E-state index contributed by atoms with van der Waals surface area (Å²) in [5.41, 5.74) is 2.86. The smallest absolute Gasteiger partial charge is 0.259 e. The summed E-state index contributed by atoms with van der Waals surface area (Å²) in [5, 5.41) is 2.95. The predicted molar refractivity (Wildman–Crippen MR) is 121 cm³/mol. The number of carbonyl (C=O) groups is 2. The quantitative estimate of drug-likeness (QED) is 0.523. The first-order valence-corrected chi connectivity index (χ1v) is 10.1. The lowest BCUT2D eigenvalue weighted by atomic mass is 10.1. The van der Waals surface area contributed by atoms with Crippen molar-refractivity contribution in [3.8, 4) is 0 Å². The van der Waals surface area contributed by atoms with Crippen LogP contribution in [0, 0.1) is 3.57 Å². The molecule has 28 heavy (non-hydrogen) atoms. The average Bonchev–Trinajstić information content (AvgIpc) is 2.74. The van der Waals surface area contributed by atoms with Crippen molar-refractivity contribution in [2.45, 2.75) is 6.42 Å². The highest BCUT2D eigenvalue weighted by Crippen LogP contribution is 2.23. The lowest BCUT2D eigenvalue weighted by Crippen LogP contribution is -2.31. The molecule has 5 heteroatoms. The van der Waals surface area contributed by atoms with Crippen LogP contribution >= 0.6 is 22.6 Å². The summed E-state index contributed by atoms with van der Waals surface area (Å²) >= 11 is 2.15. The van der Waals surface area contributed by atoms with Gasteiger partial charge in [0.25, 0.3) is 11.8 Å². The lowest BCUT2D eigenvalue weighted by molar-refractivity contribution is 0.0954. The molecule has 0 atom stereocenters. The number of para-hydroxylation sites is 1. The third kappa shape index (κ3) is 4.78. The van der Waals surface area contributed by atoms with Crippen molar-refractivity contribution in [1.29, 1.82) is 0 Å². The van der Waals surface area contributed by atoms with Gasteiger partial charge >= 0.3 is 0 Å². The van der Waals surface area contributed by atoms with E-state index in [9.17, 15) is 9.59 Å². The van der Waals surface area contributed by atoms with Gasteiger partial charge < -0.3 is 10.2 Å². The standard InChI is InChI=1S/C23H21IN2O2/c1-26(23(28)18-11-5-7-13-20(18)24)21-14-8-6-12-19(21)22(27)25-16-15-17-9-3-2-4-10-17/h2-14H,15-16H2,1H3,(H,25,27). The molecule has 0 aliphatic carbocycles. The summed E-state index contributed by atoms with van der Waals surface area (Å²) in [5.74, 6) is -0.330. The van der Waals surface area contributed by atoms with Crippen LogP contribution in [0.2, 0.25) is 0 Å². The van der Waals surface area contributed by atoms with Gasteiger partial charge in [0.05, 0.1) is 16.8 Å². The van der Waals surface area contributed by atoms with E-state index in [1.54, 1.807) is 31.3 Å². The zero-order chi connectivity index (χ0) is 19.9. The zero-order valence-electron chi connectivity index (χ0n) is 15.6. The molecule has 0 spiro atoms. The fourth-order valence-electron chi connectivity index (χ4n) is 2.94. The van der Waals surface area contributed by atoms with Crippen molar-refractivity contribution in [1.82, 2.24) is 5.32 Å². The Kier molecular flexibility index (Phi) is 6.81. The number of nitrogens with zero attached hydrogens (tertiary/aromatic N) is 1. The van der Waals surface area contributed by atoms with Crippen LogP contribution < -0.4 is 10.2 Å². The van der Waals surface area contributed by atoms with E-state index >= 15 is 0 Å². The molecule has 0 aliphatic heterocycles. The second kappa shape index (κ2) is 9.50. The maximum absolute atomic E-state index is 12.9. The Balaban J connectivity index is 1.74. The number of anilines is 1. The summed E-state index contributed by atoms with van der Waals surface area (Å²) in [6.45, 7) is 0.533. The van der Waals surface area contributed by atoms with Crippen LogP contribution in [0.3, 0.4) is 0 Å². The van der Waals surface area contributed by atoms with E-state index in [2.05, 4.69) is 27.9 Å². The molecule has 3 aromatic carbocycles. The summed E-state index contributed by atoms with van der Waals surface area (Å²) in [7, 11) is 1.70. The number of hydrogen-bond acceptors (Lipinski definition) is 2. The molecule has 1 N–H and O–H groups in total. The minimum atomic E-state index is -0.186.